The number of aryl methyl sites for hydroxylation is 1. The monoisotopic (exact) mass is 255 g/mol. The molecule has 0 aliphatic rings. The van der Waals surface area contributed by atoms with Gasteiger partial charge in [-0.25, -0.2) is 4.98 Å². The highest BCUT2D eigenvalue weighted by Gasteiger charge is 2.13. The van der Waals surface area contributed by atoms with E-state index < -0.39 is 0 Å². The molecule has 0 aliphatic carbocycles. The van der Waals surface area contributed by atoms with Crippen molar-refractivity contribution < 1.29 is 4.79 Å². The molecule has 1 N–H and O–H groups in total. The molecule has 1 atom stereocenters. The molecule has 96 valence electrons. The average molecular weight is 255 g/mol. The van der Waals surface area contributed by atoms with Gasteiger partial charge in [0.25, 0.3) is 0 Å². The summed E-state index contributed by atoms with van der Waals surface area (Å²) in [5.74, 6) is 0.148. The molecule has 4 nitrogen and oxygen atoms in total. The van der Waals surface area contributed by atoms with E-state index in [0.29, 0.717) is 6.54 Å². The Balaban J connectivity index is 2.43. The van der Waals surface area contributed by atoms with Crippen molar-refractivity contribution in [2.75, 3.05) is 19.6 Å². The smallest absolute Gasteiger partial charge is 0.236 e. The molecule has 0 saturated heterocycles. The highest BCUT2D eigenvalue weighted by atomic mass is 32.1. The fraction of sp³-hybridized carbons (Fsp3) is 0.667. The van der Waals surface area contributed by atoms with E-state index in [-0.39, 0.29) is 11.9 Å². The Labute approximate surface area is 107 Å². The summed E-state index contributed by atoms with van der Waals surface area (Å²) < 4.78 is 0. The molecule has 1 aromatic heterocycles. The second kappa shape index (κ2) is 6.71. The van der Waals surface area contributed by atoms with Gasteiger partial charge in [0, 0.05) is 24.2 Å². The number of rotatable bonds is 6. The fourth-order valence-corrected chi connectivity index (χ4v) is 2.42. The predicted octanol–water partition coefficient (Wildman–Crippen LogP) is 1.97. The zero-order valence-corrected chi connectivity index (χ0v) is 11.8. The van der Waals surface area contributed by atoms with Gasteiger partial charge in [-0.2, -0.15) is 0 Å². The molecule has 0 spiro atoms. The number of amides is 1. The van der Waals surface area contributed by atoms with E-state index >= 15 is 0 Å². The van der Waals surface area contributed by atoms with Crippen LogP contribution in [0, 0.1) is 6.92 Å². The van der Waals surface area contributed by atoms with Gasteiger partial charge in [0.2, 0.25) is 5.91 Å². The van der Waals surface area contributed by atoms with Crippen molar-refractivity contribution in [3.8, 4) is 0 Å². The van der Waals surface area contributed by atoms with Gasteiger partial charge in [-0.15, -0.1) is 11.3 Å². The van der Waals surface area contributed by atoms with E-state index in [4.69, 9.17) is 0 Å². The van der Waals surface area contributed by atoms with Gasteiger partial charge < -0.3 is 4.90 Å². The molecular weight excluding hydrogens is 234 g/mol. The number of carbonyl (C=O) groups is 1. The molecule has 0 radical (unpaired) electrons. The highest BCUT2D eigenvalue weighted by molar-refractivity contribution is 7.09. The number of hydrogen-bond donors (Lipinski definition) is 1. The standard InChI is InChI=1S/C12H21N3OS/c1-5-15(6-2)11(16)7-13-10(4)12-14-9(3)8-17-12/h8,10,13H,5-7H2,1-4H3. The Kier molecular flexibility index (Phi) is 5.58. The van der Waals surface area contributed by atoms with Gasteiger partial charge in [0.1, 0.15) is 5.01 Å². The number of hydrogen-bond acceptors (Lipinski definition) is 4. The second-order valence-corrected chi connectivity index (χ2v) is 4.89. The predicted molar refractivity (Wildman–Crippen MR) is 71.2 cm³/mol. The summed E-state index contributed by atoms with van der Waals surface area (Å²) >= 11 is 1.63. The molecule has 1 amide bonds. The molecule has 0 aromatic carbocycles. The molecule has 0 fully saturated rings. The fourth-order valence-electron chi connectivity index (χ4n) is 1.59. The molecule has 0 bridgehead atoms. The van der Waals surface area contributed by atoms with E-state index in [1.54, 1.807) is 11.3 Å². The van der Waals surface area contributed by atoms with E-state index in [0.717, 1.165) is 23.8 Å². The van der Waals surface area contributed by atoms with Crippen LogP contribution in [-0.2, 0) is 4.79 Å². The Hall–Kier alpha value is -0.940. The molecule has 5 heteroatoms. The Bertz CT molecular complexity index is 360. The first-order valence-corrected chi connectivity index (χ1v) is 6.89. The summed E-state index contributed by atoms with van der Waals surface area (Å²) in [5, 5.41) is 6.28. The first kappa shape index (κ1) is 14.1. The van der Waals surface area contributed by atoms with E-state index in [2.05, 4.69) is 10.3 Å². The van der Waals surface area contributed by atoms with Gasteiger partial charge in [-0.05, 0) is 27.7 Å². The van der Waals surface area contributed by atoms with Crippen LogP contribution in [0.3, 0.4) is 0 Å². The third-order valence-corrected chi connectivity index (χ3v) is 3.83. The van der Waals surface area contributed by atoms with Crippen molar-refractivity contribution in [2.24, 2.45) is 0 Å². The van der Waals surface area contributed by atoms with Crippen molar-refractivity contribution in [3.63, 3.8) is 0 Å². The lowest BCUT2D eigenvalue weighted by molar-refractivity contribution is -0.129. The summed E-state index contributed by atoms with van der Waals surface area (Å²) in [6.07, 6.45) is 0. The average Bonchev–Trinajstić information content (AvgIpc) is 2.74. The van der Waals surface area contributed by atoms with Crippen LogP contribution in [0.25, 0.3) is 0 Å². The zero-order chi connectivity index (χ0) is 12.8. The first-order valence-electron chi connectivity index (χ1n) is 6.01. The van der Waals surface area contributed by atoms with Crippen LogP contribution in [0.4, 0.5) is 0 Å². The van der Waals surface area contributed by atoms with Crippen LogP contribution < -0.4 is 5.32 Å². The number of likely N-dealkylation sites (N-methyl/N-ethyl adjacent to an activating group) is 1. The maximum absolute atomic E-state index is 11.8. The van der Waals surface area contributed by atoms with Gasteiger partial charge in [0.15, 0.2) is 0 Å². The third-order valence-electron chi connectivity index (χ3n) is 2.68. The van der Waals surface area contributed by atoms with E-state index in [9.17, 15) is 4.79 Å². The van der Waals surface area contributed by atoms with Crippen LogP contribution in [0.1, 0.15) is 37.5 Å². The van der Waals surface area contributed by atoms with Crippen molar-refractivity contribution in [1.29, 1.82) is 0 Å². The number of thiazole rings is 1. The van der Waals surface area contributed by atoms with E-state index in [1.165, 1.54) is 0 Å². The van der Waals surface area contributed by atoms with Crippen molar-refractivity contribution in [2.45, 2.75) is 33.7 Å². The largest absolute Gasteiger partial charge is 0.342 e. The quantitative estimate of drug-likeness (QED) is 0.845. The van der Waals surface area contributed by atoms with Gasteiger partial charge >= 0.3 is 0 Å². The molecule has 17 heavy (non-hydrogen) atoms. The number of nitrogens with one attached hydrogen (secondary N) is 1. The van der Waals surface area contributed by atoms with Crippen LogP contribution in [0.5, 0.6) is 0 Å². The summed E-state index contributed by atoms with van der Waals surface area (Å²) in [7, 11) is 0. The van der Waals surface area contributed by atoms with Crippen molar-refractivity contribution in [1.82, 2.24) is 15.2 Å². The number of aromatic nitrogens is 1. The molecule has 1 rings (SSSR count). The summed E-state index contributed by atoms with van der Waals surface area (Å²) in [6.45, 7) is 9.91. The summed E-state index contributed by atoms with van der Waals surface area (Å²) in [4.78, 5) is 18.0. The van der Waals surface area contributed by atoms with Crippen molar-refractivity contribution in [3.05, 3.63) is 16.1 Å². The van der Waals surface area contributed by atoms with Gasteiger partial charge in [0.05, 0.1) is 12.6 Å². The Morgan fingerprint density at radius 1 is 1.53 bits per heavy atom. The van der Waals surface area contributed by atoms with Crippen LogP contribution in [0.15, 0.2) is 5.38 Å². The minimum Gasteiger partial charge on any atom is -0.342 e. The lowest BCUT2D eigenvalue weighted by Gasteiger charge is -2.20. The van der Waals surface area contributed by atoms with Crippen molar-refractivity contribution >= 4 is 17.2 Å². The first-order chi connectivity index (χ1) is 8.08. The summed E-state index contributed by atoms with van der Waals surface area (Å²) in [6, 6.07) is 0.133. The lowest BCUT2D eigenvalue weighted by Crippen LogP contribution is -2.38. The molecule has 1 aromatic rings. The highest BCUT2D eigenvalue weighted by Crippen LogP contribution is 2.16. The third kappa shape index (κ3) is 4.09. The number of carbonyl (C=O) groups excluding carboxylic acids is 1. The van der Waals surface area contributed by atoms with Crippen LogP contribution in [0.2, 0.25) is 0 Å². The Morgan fingerprint density at radius 2 is 2.18 bits per heavy atom. The maximum Gasteiger partial charge on any atom is 0.236 e. The molecular formula is C12H21N3OS. The minimum atomic E-state index is 0.133. The lowest BCUT2D eigenvalue weighted by atomic mass is 10.3. The van der Waals surface area contributed by atoms with Crippen LogP contribution in [-0.4, -0.2) is 35.4 Å². The second-order valence-electron chi connectivity index (χ2n) is 4.00. The maximum atomic E-state index is 11.8. The zero-order valence-electron chi connectivity index (χ0n) is 11.0. The van der Waals surface area contributed by atoms with Gasteiger partial charge in [-0.1, -0.05) is 0 Å². The SMILES string of the molecule is CCN(CC)C(=O)CNC(C)c1nc(C)cs1. The minimum absolute atomic E-state index is 0.133. The normalized spacial score (nSPS) is 12.5. The topological polar surface area (TPSA) is 45.2 Å². The summed E-state index contributed by atoms with van der Waals surface area (Å²) in [5.41, 5.74) is 1.04. The van der Waals surface area contributed by atoms with Gasteiger partial charge in [-0.3, -0.25) is 10.1 Å². The molecule has 0 saturated carbocycles. The van der Waals surface area contributed by atoms with E-state index in [1.807, 2.05) is 38.0 Å². The molecule has 1 heterocycles. The molecule has 0 aliphatic heterocycles. The molecule has 1 unspecified atom stereocenters. The van der Waals surface area contributed by atoms with Crippen LogP contribution >= 0.6 is 11.3 Å². The number of nitrogens with zero attached hydrogens (tertiary/aromatic N) is 2. The Morgan fingerprint density at radius 3 is 2.65 bits per heavy atom.